The molecule has 0 aliphatic carbocycles. The van der Waals surface area contributed by atoms with Crippen LogP contribution in [0.2, 0.25) is 0 Å². The van der Waals surface area contributed by atoms with Crippen LogP contribution < -0.4 is 10.7 Å². The maximum Gasteiger partial charge on any atom is 0.409 e. The third-order valence-corrected chi connectivity index (χ3v) is 5.57. The number of nitrogens with zero attached hydrogens (tertiary/aromatic N) is 2. The first-order valence-corrected chi connectivity index (χ1v) is 10.3. The van der Waals surface area contributed by atoms with Gasteiger partial charge < -0.3 is 19.5 Å². The fourth-order valence-corrected chi connectivity index (χ4v) is 4.09. The summed E-state index contributed by atoms with van der Waals surface area (Å²) in [6.07, 6.45) is 1.08. The lowest BCUT2D eigenvalue weighted by Gasteiger charge is -2.31. The molecule has 1 fully saturated rings. The topological polar surface area (TPSA) is 80.6 Å². The molecule has 0 radical (unpaired) electrons. The van der Waals surface area contributed by atoms with Crippen LogP contribution >= 0.6 is 0 Å². The van der Waals surface area contributed by atoms with Gasteiger partial charge in [0, 0.05) is 29.9 Å². The summed E-state index contributed by atoms with van der Waals surface area (Å²) >= 11 is 0. The number of fused-ring (bicyclic) bond motifs is 2. The number of para-hydroxylation sites is 2. The quantitative estimate of drug-likeness (QED) is 0.675. The Hall–Kier alpha value is -3.35. The van der Waals surface area contributed by atoms with E-state index in [1.165, 1.54) is 0 Å². The van der Waals surface area contributed by atoms with Crippen LogP contribution in [0.1, 0.15) is 19.8 Å². The zero-order valence-electron chi connectivity index (χ0n) is 17.0. The third-order valence-electron chi connectivity index (χ3n) is 5.57. The normalized spacial score (nSPS) is 14.8. The summed E-state index contributed by atoms with van der Waals surface area (Å²) in [7, 11) is 0. The van der Waals surface area contributed by atoms with Gasteiger partial charge in [0.2, 0.25) is 5.91 Å². The molecule has 0 saturated carbocycles. The fourth-order valence-electron chi connectivity index (χ4n) is 4.09. The number of carbonyl (C=O) groups is 2. The standard InChI is InChI=1S/C23H25N3O4/c1-2-30-23(29)25-13-11-16(12-14-25)24-21(27)15-26-19-9-5-3-7-17(19)22(28)18-8-4-6-10-20(18)26/h3-10,16H,2,11-15H2,1H3,(H,24,27). The van der Waals surface area contributed by atoms with Crippen molar-refractivity contribution in [3.63, 3.8) is 0 Å². The molecule has 7 nitrogen and oxygen atoms in total. The van der Waals surface area contributed by atoms with E-state index < -0.39 is 0 Å². The Kier molecular flexibility index (Phi) is 5.70. The number of piperidine rings is 1. The summed E-state index contributed by atoms with van der Waals surface area (Å²) in [6.45, 7) is 3.40. The molecule has 0 unspecified atom stereocenters. The largest absolute Gasteiger partial charge is 0.450 e. The van der Waals surface area contributed by atoms with E-state index in [0.717, 1.165) is 11.0 Å². The SMILES string of the molecule is CCOC(=O)N1CCC(NC(=O)Cn2c3ccccc3c(=O)c3ccccc32)CC1. The van der Waals surface area contributed by atoms with E-state index in [4.69, 9.17) is 4.74 Å². The predicted octanol–water partition coefficient (Wildman–Crippen LogP) is 2.89. The predicted molar refractivity (Wildman–Crippen MR) is 115 cm³/mol. The molecule has 4 rings (SSSR count). The maximum atomic E-state index is 12.9. The Morgan fingerprint density at radius 2 is 1.57 bits per heavy atom. The Morgan fingerprint density at radius 1 is 1.00 bits per heavy atom. The fraction of sp³-hybridized carbons (Fsp3) is 0.348. The first kappa shape index (κ1) is 19.9. The van der Waals surface area contributed by atoms with Gasteiger partial charge in [0.1, 0.15) is 6.54 Å². The first-order chi connectivity index (χ1) is 14.6. The molecule has 1 saturated heterocycles. The van der Waals surface area contributed by atoms with Crippen LogP contribution in [0.15, 0.2) is 53.3 Å². The summed E-state index contributed by atoms with van der Waals surface area (Å²) in [5.74, 6) is -0.108. The number of amides is 2. The molecule has 2 aromatic carbocycles. The highest BCUT2D eigenvalue weighted by Gasteiger charge is 2.24. The van der Waals surface area contributed by atoms with Gasteiger partial charge in [0.15, 0.2) is 5.43 Å². The Labute approximate surface area is 174 Å². The minimum atomic E-state index is -0.298. The number of rotatable bonds is 4. The second kappa shape index (κ2) is 8.57. The zero-order chi connectivity index (χ0) is 21.1. The number of carbonyl (C=O) groups excluding carboxylic acids is 2. The monoisotopic (exact) mass is 407 g/mol. The van der Waals surface area contributed by atoms with Crippen LogP contribution in [0.25, 0.3) is 21.8 Å². The number of hydrogen-bond acceptors (Lipinski definition) is 4. The molecule has 0 spiro atoms. The van der Waals surface area contributed by atoms with Crippen LogP contribution in [-0.4, -0.2) is 47.2 Å². The van der Waals surface area contributed by atoms with E-state index in [-0.39, 0.29) is 30.0 Å². The average molecular weight is 407 g/mol. The lowest BCUT2D eigenvalue weighted by molar-refractivity contribution is -0.122. The van der Waals surface area contributed by atoms with E-state index in [1.807, 2.05) is 41.0 Å². The van der Waals surface area contributed by atoms with Crippen LogP contribution in [-0.2, 0) is 16.1 Å². The van der Waals surface area contributed by atoms with Crippen molar-refractivity contribution in [1.82, 2.24) is 14.8 Å². The van der Waals surface area contributed by atoms with Gasteiger partial charge in [-0.15, -0.1) is 0 Å². The molecule has 30 heavy (non-hydrogen) atoms. The number of hydrogen-bond donors (Lipinski definition) is 1. The van der Waals surface area contributed by atoms with Crippen LogP contribution in [0.4, 0.5) is 4.79 Å². The van der Waals surface area contributed by atoms with Crippen molar-refractivity contribution in [2.45, 2.75) is 32.4 Å². The number of nitrogens with one attached hydrogen (secondary N) is 1. The molecule has 156 valence electrons. The highest BCUT2D eigenvalue weighted by atomic mass is 16.6. The van der Waals surface area contributed by atoms with Crippen LogP contribution in [0.3, 0.4) is 0 Å². The Bertz CT molecular complexity index is 1090. The smallest absolute Gasteiger partial charge is 0.409 e. The van der Waals surface area contributed by atoms with Crippen LogP contribution in [0, 0.1) is 0 Å². The molecule has 0 atom stereocenters. The van der Waals surface area contributed by atoms with Crippen molar-refractivity contribution < 1.29 is 14.3 Å². The lowest BCUT2D eigenvalue weighted by Crippen LogP contribution is -2.47. The molecule has 1 N–H and O–H groups in total. The van der Waals surface area contributed by atoms with E-state index >= 15 is 0 Å². The van der Waals surface area contributed by atoms with Gasteiger partial charge in [-0.05, 0) is 44.0 Å². The molecule has 0 bridgehead atoms. The Balaban J connectivity index is 1.52. The summed E-state index contributed by atoms with van der Waals surface area (Å²) in [5.41, 5.74) is 1.46. The average Bonchev–Trinajstić information content (AvgIpc) is 2.77. The Morgan fingerprint density at radius 3 is 2.13 bits per heavy atom. The van der Waals surface area contributed by atoms with Crippen molar-refractivity contribution in [3.8, 4) is 0 Å². The van der Waals surface area contributed by atoms with Crippen molar-refractivity contribution in [2.75, 3.05) is 19.7 Å². The van der Waals surface area contributed by atoms with Gasteiger partial charge in [0.25, 0.3) is 0 Å². The maximum absolute atomic E-state index is 12.9. The van der Waals surface area contributed by atoms with Crippen molar-refractivity contribution >= 4 is 33.8 Å². The minimum Gasteiger partial charge on any atom is -0.450 e. The number of aromatic nitrogens is 1. The molecule has 7 heteroatoms. The first-order valence-electron chi connectivity index (χ1n) is 10.3. The molecular weight excluding hydrogens is 382 g/mol. The van der Waals surface area contributed by atoms with Gasteiger partial charge in [-0.1, -0.05) is 24.3 Å². The molecule has 1 aromatic heterocycles. The highest BCUT2D eigenvalue weighted by Crippen LogP contribution is 2.19. The van der Waals surface area contributed by atoms with E-state index in [1.54, 1.807) is 24.0 Å². The van der Waals surface area contributed by atoms with Crippen molar-refractivity contribution in [2.24, 2.45) is 0 Å². The van der Waals surface area contributed by atoms with E-state index in [2.05, 4.69) is 5.32 Å². The molecule has 2 heterocycles. The second-order valence-corrected chi connectivity index (χ2v) is 7.48. The number of likely N-dealkylation sites (tertiary alicyclic amines) is 1. The number of benzene rings is 2. The molecular formula is C23H25N3O4. The van der Waals surface area contributed by atoms with Crippen molar-refractivity contribution in [3.05, 3.63) is 58.8 Å². The summed E-state index contributed by atoms with van der Waals surface area (Å²) in [5, 5.41) is 4.29. The van der Waals surface area contributed by atoms with E-state index in [0.29, 0.717) is 43.3 Å². The lowest BCUT2D eigenvalue weighted by atomic mass is 10.1. The molecule has 1 aliphatic rings. The minimum absolute atomic E-state index is 0.0140. The summed E-state index contributed by atoms with van der Waals surface area (Å²) in [6, 6.07) is 14.8. The zero-order valence-corrected chi connectivity index (χ0v) is 17.0. The second-order valence-electron chi connectivity index (χ2n) is 7.48. The summed E-state index contributed by atoms with van der Waals surface area (Å²) < 4.78 is 6.94. The third kappa shape index (κ3) is 3.87. The highest BCUT2D eigenvalue weighted by molar-refractivity contribution is 5.94. The summed E-state index contributed by atoms with van der Waals surface area (Å²) in [4.78, 5) is 39.2. The molecule has 2 amide bonds. The van der Waals surface area contributed by atoms with Gasteiger partial charge in [-0.3, -0.25) is 9.59 Å². The number of ether oxygens (including phenoxy) is 1. The molecule has 1 aliphatic heterocycles. The van der Waals surface area contributed by atoms with Gasteiger partial charge in [-0.2, -0.15) is 0 Å². The van der Waals surface area contributed by atoms with Gasteiger partial charge in [0.05, 0.1) is 17.6 Å². The van der Waals surface area contributed by atoms with Crippen LogP contribution in [0.5, 0.6) is 0 Å². The number of pyridine rings is 1. The van der Waals surface area contributed by atoms with Crippen molar-refractivity contribution in [1.29, 1.82) is 0 Å². The van der Waals surface area contributed by atoms with Gasteiger partial charge >= 0.3 is 6.09 Å². The van der Waals surface area contributed by atoms with Gasteiger partial charge in [-0.25, -0.2) is 4.79 Å². The van der Waals surface area contributed by atoms with E-state index in [9.17, 15) is 14.4 Å². The molecule has 3 aromatic rings.